The van der Waals surface area contributed by atoms with Gasteiger partial charge >= 0.3 is 0 Å². The molecule has 1 amide bonds. The molecule has 2 nitrogen and oxygen atoms in total. The third kappa shape index (κ3) is 1.39. The van der Waals surface area contributed by atoms with E-state index in [9.17, 15) is 4.79 Å². The normalized spacial score (nSPS) is 31.9. The zero-order valence-corrected chi connectivity index (χ0v) is 6.73. The van der Waals surface area contributed by atoms with Gasteiger partial charge < -0.3 is 4.90 Å². The molecule has 2 atom stereocenters. The maximum absolute atomic E-state index is 11.0. The lowest BCUT2D eigenvalue weighted by Gasteiger charge is -2.07. The van der Waals surface area contributed by atoms with Crippen LogP contribution in [-0.4, -0.2) is 35.4 Å². The average Bonchev–Trinajstić information content (AvgIpc) is 2.44. The number of carbonyl (C=O) groups excluding carboxylic acids is 1. The molecule has 0 unspecified atom stereocenters. The molecule has 1 aliphatic heterocycles. The van der Waals surface area contributed by atoms with Crippen LogP contribution in [0.4, 0.5) is 0 Å². The summed E-state index contributed by atoms with van der Waals surface area (Å²) in [5.74, 6) is 0.257. The molecule has 1 saturated heterocycles. The molecule has 0 spiro atoms. The van der Waals surface area contributed by atoms with Crippen LogP contribution in [0, 0.1) is 0 Å². The summed E-state index contributed by atoms with van der Waals surface area (Å²) in [4.78, 5) is 12.7. The van der Waals surface area contributed by atoms with Gasteiger partial charge in [0, 0.05) is 19.3 Å². The van der Waals surface area contributed by atoms with E-state index < -0.39 is 0 Å². The van der Waals surface area contributed by atoms with Crippen molar-refractivity contribution in [3.63, 3.8) is 0 Å². The summed E-state index contributed by atoms with van der Waals surface area (Å²) in [7, 11) is 3.60. The number of hydrogen-bond acceptors (Lipinski definition) is 2. The highest BCUT2D eigenvalue weighted by Gasteiger charge is 2.41. The Morgan fingerprint density at radius 3 is 2.11 bits per heavy atom. The maximum atomic E-state index is 11.0. The van der Waals surface area contributed by atoms with Gasteiger partial charge in [-0.05, 0) is 0 Å². The summed E-state index contributed by atoms with van der Waals surface area (Å²) in [6.07, 6.45) is 0. The van der Waals surface area contributed by atoms with E-state index in [1.807, 2.05) is 0 Å². The summed E-state index contributed by atoms with van der Waals surface area (Å²) in [5.41, 5.74) is 0. The quantitative estimate of drug-likeness (QED) is 0.503. The molecule has 9 heavy (non-hydrogen) atoms. The molecule has 1 fully saturated rings. The number of amides is 1. The van der Waals surface area contributed by atoms with Crippen LogP contribution < -0.4 is 0 Å². The lowest BCUT2D eigenvalue weighted by molar-refractivity contribution is -0.127. The molecule has 0 bridgehead atoms. The molecular weight excluding hydrogens is 134 g/mol. The first-order valence-corrected chi connectivity index (χ1v) is 3.94. The van der Waals surface area contributed by atoms with Crippen LogP contribution in [-0.2, 0) is 4.79 Å². The Morgan fingerprint density at radius 1 is 1.56 bits per heavy atom. The molecular formula is C6H11NOS. The fourth-order valence-electron chi connectivity index (χ4n) is 0.699. The summed E-state index contributed by atoms with van der Waals surface area (Å²) >= 11 is 1.74. The van der Waals surface area contributed by atoms with Crippen LogP contribution in [0.5, 0.6) is 0 Å². The second-order valence-electron chi connectivity index (χ2n) is 2.49. The van der Waals surface area contributed by atoms with Gasteiger partial charge in [0.25, 0.3) is 0 Å². The zero-order valence-electron chi connectivity index (χ0n) is 5.92. The van der Waals surface area contributed by atoms with Gasteiger partial charge in [-0.15, -0.1) is 11.8 Å². The van der Waals surface area contributed by atoms with E-state index in [0.717, 1.165) is 0 Å². The Bertz CT molecular complexity index is 135. The third-order valence-corrected chi connectivity index (χ3v) is 2.69. The lowest BCUT2D eigenvalue weighted by atomic mass is 10.3. The first-order chi connectivity index (χ1) is 4.13. The summed E-state index contributed by atoms with van der Waals surface area (Å²) in [6, 6.07) is 0. The van der Waals surface area contributed by atoms with E-state index in [1.165, 1.54) is 0 Å². The van der Waals surface area contributed by atoms with Crippen LogP contribution in [0.2, 0.25) is 0 Å². The minimum absolute atomic E-state index is 0.257. The summed E-state index contributed by atoms with van der Waals surface area (Å²) in [6.45, 7) is 2.08. The van der Waals surface area contributed by atoms with Crippen molar-refractivity contribution >= 4 is 17.7 Å². The van der Waals surface area contributed by atoms with Gasteiger partial charge in [-0.2, -0.15) is 0 Å². The molecule has 1 heterocycles. The second kappa shape index (κ2) is 2.21. The van der Waals surface area contributed by atoms with Crippen molar-refractivity contribution in [3.8, 4) is 0 Å². The molecule has 0 aliphatic carbocycles. The Hall–Kier alpha value is -0.180. The van der Waals surface area contributed by atoms with Gasteiger partial charge in [0.15, 0.2) is 0 Å². The maximum Gasteiger partial charge on any atom is 0.236 e. The SMILES string of the molecule is C[C@@H]1S[C@@H]1C(=O)N(C)C. The van der Waals surface area contributed by atoms with Gasteiger partial charge in [-0.3, -0.25) is 4.79 Å². The van der Waals surface area contributed by atoms with Crippen LogP contribution in [0.15, 0.2) is 0 Å². The monoisotopic (exact) mass is 145 g/mol. The molecule has 0 aromatic rings. The fourth-order valence-corrected chi connectivity index (χ4v) is 1.51. The minimum atomic E-state index is 0.257. The number of hydrogen-bond donors (Lipinski definition) is 0. The fraction of sp³-hybridized carbons (Fsp3) is 0.833. The molecule has 1 aliphatic rings. The predicted molar refractivity (Wildman–Crippen MR) is 39.5 cm³/mol. The molecule has 52 valence electrons. The lowest BCUT2D eigenvalue weighted by Crippen LogP contribution is -2.26. The van der Waals surface area contributed by atoms with E-state index in [-0.39, 0.29) is 11.2 Å². The third-order valence-electron chi connectivity index (χ3n) is 1.40. The van der Waals surface area contributed by atoms with Crippen molar-refractivity contribution in [3.05, 3.63) is 0 Å². The molecule has 0 aromatic heterocycles. The predicted octanol–water partition coefficient (Wildman–Crippen LogP) is 0.578. The van der Waals surface area contributed by atoms with E-state index >= 15 is 0 Å². The van der Waals surface area contributed by atoms with Gasteiger partial charge in [0.2, 0.25) is 5.91 Å². The zero-order chi connectivity index (χ0) is 7.02. The van der Waals surface area contributed by atoms with Crippen molar-refractivity contribution in [2.24, 2.45) is 0 Å². The first kappa shape index (κ1) is 6.93. The first-order valence-electron chi connectivity index (χ1n) is 2.99. The molecule has 0 radical (unpaired) electrons. The number of carbonyl (C=O) groups is 1. The van der Waals surface area contributed by atoms with E-state index in [2.05, 4.69) is 6.92 Å². The molecule has 0 N–H and O–H groups in total. The summed E-state index contributed by atoms with van der Waals surface area (Å²) < 4.78 is 0. The van der Waals surface area contributed by atoms with Crippen molar-refractivity contribution < 1.29 is 4.79 Å². The minimum Gasteiger partial charge on any atom is -0.348 e. The molecule has 0 aromatic carbocycles. The average molecular weight is 145 g/mol. The Kier molecular flexibility index (Phi) is 1.70. The summed E-state index contributed by atoms with van der Waals surface area (Å²) in [5, 5.41) is 0.819. The topological polar surface area (TPSA) is 20.3 Å². The van der Waals surface area contributed by atoms with Crippen molar-refractivity contribution in [2.45, 2.75) is 17.4 Å². The largest absolute Gasteiger partial charge is 0.348 e. The Labute approximate surface area is 59.6 Å². The van der Waals surface area contributed by atoms with Crippen LogP contribution in [0.25, 0.3) is 0 Å². The van der Waals surface area contributed by atoms with E-state index in [1.54, 1.807) is 30.8 Å². The molecule has 1 rings (SSSR count). The van der Waals surface area contributed by atoms with Gasteiger partial charge in [0.05, 0.1) is 5.25 Å². The van der Waals surface area contributed by atoms with Gasteiger partial charge in [-0.1, -0.05) is 6.92 Å². The number of thioether (sulfide) groups is 1. The van der Waals surface area contributed by atoms with Crippen LogP contribution in [0.1, 0.15) is 6.92 Å². The Balaban J connectivity index is 2.36. The van der Waals surface area contributed by atoms with Crippen LogP contribution in [0.3, 0.4) is 0 Å². The highest BCUT2D eigenvalue weighted by atomic mass is 32.2. The van der Waals surface area contributed by atoms with Crippen molar-refractivity contribution in [1.29, 1.82) is 0 Å². The standard InChI is InChI=1S/C6H11NOS/c1-4-5(9-4)6(8)7(2)3/h4-5H,1-3H3/t4-,5-/m0/s1. The number of nitrogens with zero attached hydrogens (tertiary/aromatic N) is 1. The van der Waals surface area contributed by atoms with Crippen molar-refractivity contribution in [2.75, 3.05) is 14.1 Å². The highest BCUT2D eigenvalue weighted by Crippen LogP contribution is 2.41. The van der Waals surface area contributed by atoms with E-state index in [0.29, 0.717) is 5.25 Å². The van der Waals surface area contributed by atoms with E-state index in [4.69, 9.17) is 0 Å². The van der Waals surface area contributed by atoms with Crippen molar-refractivity contribution in [1.82, 2.24) is 4.90 Å². The number of rotatable bonds is 1. The molecule has 3 heteroatoms. The second-order valence-corrected chi connectivity index (χ2v) is 4.02. The van der Waals surface area contributed by atoms with Gasteiger partial charge in [-0.25, -0.2) is 0 Å². The Morgan fingerprint density at radius 2 is 2.00 bits per heavy atom. The van der Waals surface area contributed by atoms with Crippen LogP contribution >= 0.6 is 11.8 Å². The smallest absolute Gasteiger partial charge is 0.236 e. The molecule has 0 saturated carbocycles. The highest BCUT2D eigenvalue weighted by molar-refractivity contribution is 8.08. The van der Waals surface area contributed by atoms with Gasteiger partial charge in [0.1, 0.15) is 0 Å².